The Kier molecular flexibility index (Phi) is 6.61. The van der Waals surface area contributed by atoms with Crippen molar-refractivity contribution >= 4 is 5.96 Å². The largest absolute Gasteiger partial charge is 0.496 e. The summed E-state index contributed by atoms with van der Waals surface area (Å²) in [4.78, 5) is 6.31. The monoisotopic (exact) mass is 329 g/mol. The third kappa shape index (κ3) is 4.98. The lowest BCUT2D eigenvalue weighted by molar-refractivity contribution is 0.409. The van der Waals surface area contributed by atoms with Crippen molar-refractivity contribution in [2.45, 2.75) is 13.0 Å². The first-order valence-electron chi connectivity index (χ1n) is 7.92. The maximum absolute atomic E-state index is 13.0. The Morgan fingerprint density at radius 2 is 1.88 bits per heavy atom. The lowest BCUT2D eigenvalue weighted by atomic mass is 10.1. The number of nitrogens with one attached hydrogen (secondary N) is 1. The van der Waals surface area contributed by atoms with Gasteiger partial charge in [-0.15, -0.1) is 0 Å². The Balaban J connectivity index is 1.88. The molecule has 0 amide bonds. The van der Waals surface area contributed by atoms with Gasteiger partial charge >= 0.3 is 0 Å². The Morgan fingerprint density at radius 3 is 2.54 bits per heavy atom. The number of ether oxygens (including phenoxy) is 1. The van der Waals surface area contributed by atoms with Crippen LogP contribution in [-0.2, 0) is 13.0 Å². The predicted octanol–water partition coefficient (Wildman–Crippen LogP) is 3.08. The van der Waals surface area contributed by atoms with Crippen LogP contribution in [0.4, 0.5) is 4.39 Å². The van der Waals surface area contributed by atoms with Crippen molar-refractivity contribution in [2.24, 2.45) is 4.99 Å². The zero-order valence-electron chi connectivity index (χ0n) is 14.4. The van der Waals surface area contributed by atoms with Gasteiger partial charge in [0.05, 0.1) is 7.11 Å². The van der Waals surface area contributed by atoms with Crippen LogP contribution in [0.5, 0.6) is 5.75 Å². The minimum Gasteiger partial charge on any atom is -0.496 e. The normalized spacial score (nSPS) is 11.2. The molecule has 128 valence electrons. The molecule has 0 aromatic heterocycles. The molecule has 2 aromatic carbocycles. The molecule has 1 N–H and O–H groups in total. The van der Waals surface area contributed by atoms with Crippen LogP contribution in [0.3, 0.4) is 0 Å². The molecule has 0 aliphatic carbocycles. The molecule has 0 fully saturated rings. The number of hydrogen-bond donors (Lipinski definition) is 1. The van der Waals surface area contributed by atoms with Gasteiger partial charge in [-0.2, -0.15) is 0 Å². The van der Waals surface area contributed by atoms with E-state index in [1.165, 1.54) is 12.1 Å². The standard InChI is InChI=1S/C19H24FN3O/c1-21-19(23(2)14-15-8-10-17(20)11-9-15)22-13-12-16-6-4-5-7-18(16)24-3/h4-11H,12-14H2,1-3H3,(H,21,22). The van der Waals surface area contributed by atoms with E-state index in [-0.39, 0.29) is 5.82 Å². The molecule has 4 nitrogen and oxygen atoms in total. The van der Waals surface area contributed by atoms with Crippen LogP contribution in [0.15, 0.2) is 53.5 Å². The second-order valence-corrected chi connectivity index (χ2v) is 5.52. The highest BCUT2D eigenvalue weighted by molar-refractivity contribution is 5.79. The zero-order valence-corrected chi connectivity index (χ0v) is 14.4. The molecule has 0 heterocycles. The van der Waals surface area contributed by atoms with Crippen LogP contribution in [0.1, 0.15) is 11.1 Å². The van der Waals surface area contributed by atoms with E-state index in [9.17, 15) is 4.39 Å². The fourth-order valence-corrected chi connectivity index (χ4v) is 2.54. The topological polar surface area (TPSA) is 36.9 Å². The number of benzene rings is 2. The van der Waals surface area contributed by atoms with Crippen LogP contribution in [0.2, 0.25) is 0 Å². The van der Waals surface area contributed by atoms with Gasteiger partial charge in [-0.05, 0) is 35.7 Å². The molecular formula is C19H24FN3O. The predicted molar refractivity (Wildman–Crippen MR) is 95.9 cm³/mol. The molecule has 0 aliphatic rings. The van der Waals surface area contributed by atoms with E-state index in [0.717, 1.165) is 35.8 Å². The Morgan fingerprint density at radius 1 is 1.17 bits per heavy atom. The van der Waals surface area contributed by atoms with Crippen molar-refractivity contribution in [3.8, 4) is 5.75 Å². The third-order valence-corrected chi connectivity index (χ3v) is 3.78. The van der Waals surface area contributed by atoms with Gasteiger partial charge in [0.25, 0.3) is 0 Å². The molecule has 2 aromatic rings. The molecule has 2 rings (SSSR count). The summed E-state index contributed by atoms with van der Waals surface area (Å²) in [6.07, 6.45) is 0.841. The van der Waals surface area contributed by atoms with Crippen molar-refractivity contribution in [1.29, 1.82) is 0 Å². The number of halogens is 1. The van der Waals surface area contributed by atoms with Crippen LogP contribution < -0.4 is 10.1 Å². The van der Waals surface area contributed by atoms with Gasteiger partial charge in [-0.3, -0.25) is 4.99 Å². The van der Waals surface area contributed by atoms with E-state index in [1.807, 2.05) is 30.1 Å². The molecule has 0 aliphatic heterocycles. The van der Waals surface area contributed by atoms with E-state index in [2.05, 4.69) is 16.4 Å². The summed E-state index contributed by atoms with van der Waals surface area (Å²) in [6.45, 7) is 1.41. The second-order valence-electron chi connectivity index (χ2n) is 5.52. The summed E-state index contributed by atoms with van der Waals surface area (Å²) >= 11 is 0. The molecule has 0 bridgehead atoms. The summed E-state index contributed by atoms with van der Waals surface area (Å²) in [5, 5.41) is 3.35. The molecule has 0 radical (unpaired) electrons. The van der Waals surface area contributed by atoms with Gasteiger partial charge in [0.1, 0.15) is 11.6 Å². The van der Waals surface area contributed by atoms with Gasteiger partial charge < -0.3 is 15.0 Å². The van der Waals surface area contributed by atoms with E-state index in [0.29, 0.717) is 6.54 Å². The van der Waals surface area contributed by atoms with Gasteiger partial charge in [0.2, 0.25) is 0 Å². The number of para-hydroxylation sites is 1. The molecule has 0 spiro atoms. The summed E-state index contributed by atoms with van der Waals surface area (Å²) in [7, 11) is 5.40. The molecular weight excluding hydrogens is 305 g/mol. The quantitative estimate of drug-likeness (QED) is 0.654. The number of nitrogens with zero attached hydrogens (tertiary/aromatic N) is 2. The van der Waals surface area contributed by atoms with Gasteiger partial charge in [-0.25, -0.2) is 4.39 Å². The smallest absolute Gasteiger partial charge is 0.193 e. The van der Waals surface area contributed by atoms with Gasteiger partial charge in [0.15, 0.2) is 5.96 Å². The minimum atomic E-state index is -0.222. The first-order valence-corrected chi connectivity index (χ1v) is 7.92. The minimum absolute atomic E-state index is 0.222. The number of methoxy groups -OCH3 is 1. The van der Waals surface area contributed by atoms with E-state index in [1.54, 1.807) is 26.3 Å². The first-order chi connectivity index (χ1) is 11.6. The fraction of sp³-hybridized carbons (Fsp3) is 0.316. The van der Waals surface area contributed by atoms with Crippen LogP contribution in [0.25, 0.3) is 0 Å². The van der Waals surface area contributed by atoms with Crippen LogP contribution in [0, 0.1) is 5.82 Å². The number of guanidine groups is 1. The fourth-order valence-electron chi connectivity index (χ4n) is 2.54. The summed E-state index contributed by atoms with van der Waals surface area (Å²) in [5.74, 6) is 1.48. The molecule has 24 heavy (non-hydrogen) atoms. The maximum Gasteiger partial charge on any atom is 0.193 e. The van der Waals surface area contributed by atoms with Crippen LogP contribution >= 0.6 is 0 Å². The Bertz CT molecular complexity index is 671. The van der Waals surface area contributed by atoms with E-state index < -0.39 is 0 Å². The lowest BCUT2D eigenvalue weighted by Crippen LogP contribution is -2.39. The van der Waals surface area contributed by atoms with E-state index >= 15 is 0 Å². The highest BCUT2D eigenvalue weighted by Crippen LogP contribution is 2.17. The molecule has 0 unspecified atom stereocenters. The van der Waals surface area contributed by atoms with Gasteiger partial charge in [0, 0.05) is 27.2 Å². The van der Waals surface area contributed by atoms with Crippen molar-refractivity contribution < 1.29 is 9.13 Å². The van der Waals surface area contributed by atoms with Crippen molar-refractivity contribution in [2.75, 3.05) is 27.7 Å². The zero-order chi connectivity index (χ0) is 17.4. The highest BCUT2D eigenvalue weighted by Gasteiger charge is 2.07. The summed E-state index contributed by atoms with van der Waals surface area (Å²) < 4.78 is 18.3. The molecule has 0 saturated carbocycles. The summed E-state index contributed by atoms with van der Waals surface area (Å²) in [5.41, 5.74) is 2.19. The highest BCUT2D eigenvalue weighted by atomic mass is 19.1. The second kappa shape index (κ2) is 8.91. The molecule has 0 atom stereocenters. The maximum atomic E-state index is 13.0. The third-order valence-electron chi connectivity index (χ3n) is 3.78. The van der Waals surface area contributed by atoms with Crippen molar-refractivity contribution in [3.05, 3.63) is 65.5 Å². The van der Waals surface area contributed by atoms with Crippen molar-refractivity contribution in [1.82, 2.24) is 10.2 Å². The van der Waals surface area contributed by atoms with Crippen molar-refractivity contribution in [3.63, 3.8) is 0 Å². The average Bonchev–Trinajstić information content (AvgIpc) is 2.61. The Hall–Kier alpha value is -2.56. The van der Waals surface area contributed by atoms with Crippen LogP contribution in [-0.4, -0.2) is 38.6 Å². The number of rotatable bonds is 6. The van der Waals surface area contributed by atoms with Gasteiger partial charge in [-0.1, -0.05) is 30.3 Å². The summed E-state index contributed by atoms with van der Waals surface area (Å²) in [6, 6.07) is 14.5. The molecule has 5 heteroatoms. The first kappa shape index (κ1) is 17.8. The SMILES string of the molecule is CN=C(NCCc1ccccc1OC)N(C)Cc1ccc(F)cc1. The molecule has 0 saturated heterocycles. The average molecular weight is 329 g/mol. The lowest BCUT2D eigenvalue weighted by Gasteiger charge is -2.22. The Labute approximate surface area is 143 Å². The number of hydrogen-bond acceptors (Lipinski definition) is 2. The van der Waals surface area contributed by atoms with E-state index in [4.69, 9.17) is 4.74 Å². The number of aliphatic imine (C=N–C) groups is 1.